The van der Waals surface area contributed by atoms with Crippen LogP contribution in [0.5, 0.6) is 11.5 Å². The third kappa shape index (κ3) is 3.27. The van der Waals surface area contributed by atoms with Crippen LogP contribution in [0.4, 0.5) is 4.39 Å². The van der Waals surface area contributed by atoms with Crippen molar-refractivity contribution in [1.29, 1.82) is 0 Å². The van der Waals surface area contributed by atoms with Crippen LogP contribution in [0.25, 0.3) is 0 Å². The van der Waals surface area contributed by atoms with Crippen LogP contribution in [0, 0.1) is 5.82 Å². The Morgan fingerprint density at radius 1 is 1.20 bits per heavy atom. The Bertz CT molecular complexity index is 629. The first-order chi connectivity index (χ1) is 9.63. The standard InChI is InChI=1S/C15H12ClFO3/c1-19-15-5-3-11(7-13(15)17)9-20-14-4-2-10(8-18)6-12(14)16/h2-8H,9H2,1H3. The van der Waals surface area contributed by atoms with Crippen LogP contribution >= 0.6 is 11.6 Å². The molecule has 104 valence electrons. The minimum Gasteiger partial charge on any atom is -0.494 e. The lowest BCUT2D eigenvalue weighted by Crippen LogP contribution is -1.98. The molecule has 0 radical (unpaired) electrons. The summed E-state index contributed by atoms with van der Waals surface area (Å²) in [5, 5.41) is 0.337. The Hall–Kier alpha value is -2.07. The van der Waals surface area contributed by atoms with Gasteiger partial charge in [0.1, 0.15) is 18.6 Å². The van der Waals surface area contributed by atoms with Gasteiger partial charge in [0, 0.05) is 5.56 Å². The normalized spacial score (nSPS) is 10.2. The Labute approximate surface area is 120 Å². The molecule has 5 heteroatoms. The van der Waals surface area contributed by atoms with E-state index in [1.54, 1.807) is 18.2 Å². The molecule has 0 bridgehead atoms. The lowest BCUT2D eigenvalue weighted by atomic mass is 10.2. The molecule has 3 nitrogen and oxygen atoms in total. The van der Waals surface area contributed by atoms with E-state index in [1.807, 2.05) is 0 Å². The van der Waals surface area contributed by atoms with Gasteiger partial charge < -0.3 is 9.47 Å². The molecule has 20 heavy (non-hydrogen) atoms. The highest BCUT2D eigenvalue weighted by molar-refractivity contribution is 6.32. The zero-order valence-corrected chi connectivity index (χ0v) is 11.5. The molecule has 0 saturated heterocycles. The molecule has 0 aliphatic rings. The molecule has 0 atom stereocenters. The second kappa shape index (κ2) is 6.39. The predicted molar refractivity (Wildman–Crippen MR) is 74.1 cm³/mol. The van der Waals surface area contributed by atoms with Crippen LogP contribution in [0.3, 0.4) is 0 Å². The number of benzene rings is 2. The van der Waals surface area contributed by atoms with Gasteiger partial charge in [-0.05, 0) is 35.9 Å². The van der Waals surface area contributed by atoms with Crippen molar-refractivity contribution in [3.63, 3.8) is 0 Å². The molecule has 0 N–H and O–H groups in total. The first-order valence-corrected chi connectivity index (χ1v) is 6.22. The number of carbonyl (C=O) groups excluding carboxylic acids is 1. The lowest BCUT2D eigenvalue weighted by molar-refractivity contribution is 0.112. The second-order valence-corrected chi connectivity index (χ2v) is 4.47. The van der Waals surface area contributed by atoms with Crippen molar-refractivity contribution in [1.82, 2.24) is 0 Å². The highest BCUT2D eigenvalue weighted by Crippen LogP contribution is 2.26. The number of methoxy groups -OCH3 is 1. The van der Waals surface area contributed by atoms with Crippen LogP contribution in [-0.2, 0) is 6.61 Å². The monoisotopic (exact) mass is 294 g/mol. The summed E-state index contributed by atoms with van der Waals surface area (Å²) >= 11 is 5.98. The van der Waals surface area contributed by atoms with Gasteiger partial charge in [-0.3, -0.25) is 4.79 Å². The highest BCUT2D eigenvalue weighted by Gasteiger charge is 2.06. The summed E-state index contributed by atoms with van der Waals surface area (Å²) in [6.45, 7) is 0.168. The Kier molecular flexibility index (Phi) is 4.58. The van der Waals surface area contributed by atoms with Gasteiger partial charge >= 0.3 is 0 Å². The summed E-state index contributed by atoms with van der Waals surface area (Å²) in [5.41, 5.74) is 1.12. The topological polar surface area (TPSA) is 35.5 Å². The summed E-state index contributed by atoms with van der Waals surface area (Å²) in [6.07, 6.45) is 0.703. The van der Waals surface area contributed by atoms with Gasteiger partial charge in [-0.1, -0.05) is 17.7 Å². The van der Waals surface area contributed by atoms with Crippen molar-refractivity contribution in [2.75, 3.05) is 7.11 Å². The van der Waals surface area contributed by atoms with Gasteiger partial charge in [0.15, 0.2) is 11.6 Å². The number of halogens is 2. The summed E-state index contributed by atoms with van der Waals surface area (Å²) in [6, 6.07) is 9.29. The van der Waals surface area contributed by atoms with E-state index in [0.717, 1.165) is 0 Å². The van der Waals surface area contributed by atoms with Crippen molar-refractivity contribution in [3.05, 3.63) is 58.4 Å². The van der Waals surface area contributed by atoms with Gasteiger partial charge in [0.25, 0.3) is 0 Å². The van der Waals surface area contributed by atoms with E-state index in [4.69, 9.17) is 21.1 Å². The first kappa shape index (κ1) is 14.3. The van der Waals surface area contributed by atoms with E-state index in [-0.39, 0.29) is 12.4 Å². The fourth-order valence-electron chi connectivity index (χ4n) is 1.67. The number of hydrogen-bond acceptors (Lipinski definition) is 3. The SMILES string of the molecule is COc1ccc(COc2ccc(C=O)cc2Cl)cc1F. The Morgan fingerprint density at radius 3 is 2.55 bits per heavy atom. The van der Waals surface area contributed by atoms with Crippen molar-refractivity contribution in [2.24, 2.45) is 0 Å². The zero-order valence-electron chi connectivity index (χ0n) is 10.7. The van der Waals surface area contributed by atoms with Gasteiger partial charge in [-0.15, -0.1) is 0 Å². The fraction of sp³-hybridized carbons (Fsp3) is 0.133. The molecule has 0 aromatic heterocycles. The van der Waals surface area contributed by atoms with Crippen molar-refractivity contribution in [2.45, 2.75) is 6.61 Å². The molecule has 0 amide bonds. The Balaban J connectivity index is 2.08. The van der Waals surface area contributed by atoms with Gasteiger partial charge in [-0.2, -0.15) is 0 Å². The highest BCUT2D eigenvalue weighted by atomic mass is 35.5. The van der Waals surface area contributed by atoms with Gasteiger partial charge in [0.2, 0.25) is 0 Å². The van der Waals surface area contributed by atoms with Crippen LogP contribution in [0.15, 0.2) is 36.4 Å². The summed E-state index contributed by atoms with van der Waals surface area (Å²) in [5.74, 6) is 0.173. The van der Waals surface area contributed by atoms with E-state index in [0.29, 0.717) is 28.2 Å². The molecule has 0 saturated carbocycles. The minimum absolute atomic E-state index is 0.168. The van der Waals surface area contributed by atoms with Gasteiger partial charge in [0.05, 0.1) is 12.1 Å². The average molecular weight is 295 g/mol. The maximum atomic E-state index is 13.5. The number of rotatable bonds is 5. The summed E-state index contributed by atoms with van der Waals surface area (Å²) in [4.78, 5) is 10.6. The third-order valence-corrected chi connectivity index (χ3v) is 3.00. The van der Waals surface area contributed by atoms with Crippen molar-refractivity contribution < 1.29 is 18.7 Å². The number of carbonyl (C=O) groups is 1. The van der Waals surface area contributed by atoms with Crippen molar-refractivity contribution in [3.8, 4) is 11.5 Å². The zero-order chi connectivity index (χ0) is 14.5. The molecule has 0 aliphatic carbocycles. The van der Waals surface area contributed by atoms with Crippen LogP contribution in [0.1, 0.15) is 15.9 Å². The molecule has 2 aromatic carbocycles. The van der Waals surface area contributed by atoms with E-state index < -0.39 is 5.82 Å². The molecule has 2 rings (SSSR count). The molecule has 0 heterocycles. The predicted octanol–water partition coefficient (Wildman–Crippen LogP) is 3.88. The molecule has 0 aliphatic heterocycles. The first-order valence-electron chi connectivity index (χ1n) is 5.84. The quantitative estimate of drug-likeness (QED) is 0.785. The van der Waals surface area contributed by atoms with E-state index >= 15 is 0 Å². The number of hydrogen-bond donors (Lipinski definition) is 0. The second-order valence-electron chi connectivity index (χ2n) is 4.07. The summed E-state index contributed by atoms with van der Waals surface area (Å²) < 4.78 is 23.8. The maximum Gasteiger partial charge on any atom is 0.165 e. The Morgan fingerprint density at radius 2 is 1.95 bits per heavy atom. The lowest BCUT2D eigenvalue weighted by Gasteiger charge is -2.09. The number of aldehydes is 1. The minimum atomic E-state index is -0.448. The molecule has 0 unspecified atom stereocenters. The van der Waals surface area contributed by atoms with E-state index in [9.17, 15) is 9.18 Å². The third-order valence-electron chi connectivity index (χ3n) is 2.70. The summed E-state index contributed by atoms with van der Waals surface area (Å²) in [7, 11) is 1.41. The molecule has 0 spiro atoms. The molecule has 2 aromatic rings. The maximum absolute atomic E-state index is 13.5. The van der Waals surface area contributed by atoms with Crippen LogP contribution in [0.2, 0.25) is 5.02 Å². The molecular weight excluding hydrogens is 283 g/mol. The van der Waals surface area contributed by atoms with Gasteiger partial charge in [-0.25, -0.2) is 4.39 Å². The fourth-order valence-corrected chi connectivity index (χ4v) is 1.91. The van der Waals surface area contributed by atoms with Crippen LogP contribution < -0.4 is 9.47 Å². The number of ether oxygens (including phenoxy) is 2. The smallest absolute Gasteiger partial charge is 0.165 e. The largest absolute Gasteiger partial charge is 0.494 e. The van der Waals surface area contributed by atoms with E-state index in [2.05, 4.69) is 0 Å². The van der Waals surface area contributed by atoms with Crippen molar-refractivity contribution >= 4 is 17.9 Å². The van der Waals surface area contributed by atoms with E-state index in [1.165, 1.54) is 25.3 Å². The average Bonchev–Trinajstić information content (AvgIpc) is 2.46. The molecule has 0 fully saturated rings. The van der Waals surface area contributed by atoms with Crippen LogP contribution in [-0.4, -0.2) is 13.4 Å². The molecular formula is C15H12ClFO3.